The topological polar surface area (TPSA) is 64.4 Å². The Labute approximate surface area is 186 Å². The molecule has 6 nitrogen and oxygen atoms in total. The van der Waals surface area contributed by atoms with Crippen molar-refractivity contribution in [2.45, 2.75) is 19.4 Å². The highest BCUT2D eigenvalue weighted by molar-refractivity contribution is 5.94. The summed E-state index contributed by atoms with van der Waals surface area (Å²) < 4.78 is 7.12. The minimum Gasteiger partial charge on any atom is -0.495 e. The van der Waals surface area contributed by atoms with Crippen LogP contribution in [0.3, 0.4) is 0 Å². The summed E-state index contributed by atoms with van der Waals surface area (Å²) in [5.74, 6) is 0.915. The summed E-state index contributed by atoms with van der Waals surface area (Å²) in [5.41, 5.74) is 1.57. The number of amides is 1. The molecular weight excluding hydrogens is 402 g/mol. The zero-order chi connectivity index (χ0) is 22.7. The van der Waals surface area contributed by atoms with Crippen molar-refractivity contribution in [2.24, 2.45) is 0 Å². The van der Waals surface area contributed by atoms with Gasteiger partial charge in [0.15, 0.2) is 0 Å². The molecule has 1 amide bonds. The predicted molar refractivity (Wildman–Crippen MR) is 125 cm³/mol. The van der Waals surface area contributed by atoms with Crippen molar-refractivity contribution in [3.63, 3.8) is 0 Å². The van der Waals surface area contributed by atoms with Crippen molar-refractivity contribution in [1.82, 2.24) is 14.5 Å². The van der Waals surface area contributed by atoms with E-state index in [1.165, 1.54) is 0 Å². The number of carbonyl (C=O) groups excluding carboxylic acids is 1. The number of hydrogen-bond donors (Lipinski definition) is 0. The number of methoxy groups -OCH3 is 1. The lowest BCUT2D eigenvalue weighted by Crippen LogP contribution is -2.36. The predicted octanol–water partition coefficient (Wildman–Crippen LogP) is 4.62. The van der Waals surface area contributed by atoms with E-state index in [0.717, 1.165) is 0 Å². The van der Waals surface area contributed by atoms with E-state index >= 15 is 0 Å². The Bertz CT molecular complexity index is 1310. The fourth-order valence-corrected chi connectivity index (χ4v) is 3.98. The van der Waals surface area contributed by atoms with E-state index in [1.54, 1.807) is 47.9 Å². The number of para-hydroxylation sites is 3. The first-order valence-corrected chi connectivity index (χ1v) is 10.5. The first-order valence-electron chi connectivity index (χ1n) is 10.5. The summed E-state index contributed by atoms with van der Waals surface area (Å²) in [4.78, 5) is 33.4. The van der Waals surface area contributed by atoms with E-state index in [2.05, 4.69) is 0 Å². The Morgan fingerprint density at radius 2 is 1.66 bits per heavy atom. The molecule has 4 aromatic rings. The minimum atomic E-state index is -0.426. The fraction of sp³-hybridized carbons (Fsp3) is 0.192. The van der Waals surface area contributed by atoms with Gasteiger partial charge < -0.3 is 9.64 Å². The smallest absolute Gasteiger partial charge is 0.266 e. The average Bonchev–Trinajstić information content (AvgIpc) is 2.84. The standard InChI is InChI=1S/C26H25N3O3/c1-4-21(28(2)25(30)18-12-6-5-7-13-18)24-27-20-15-9-8-14-19(20)26(31)29(24)22-16-10-11-17-23(22)32-3/h5-17,21H,4H2,1-3H3. The largest absolute Gasteiger partial charge is 0.495 e. The normalized spacial score (nSPS) is 11.8. The van der Waals surface area contributed by atoms with Crippen LogP contribution in [0.1, 0.15) is 35.6 Å². The molecule has 0 radical (unpaired) electrons. The van der Waals surface area contributed by atoms with Gasteiger partial charge in [-0.25, -0.2) is 4.98 Å². The third-order valence-electron chi connectivity index (χ3n) is 5.62. The molecule has 1 heterocycles. The summed E-state index contributed by atoms with van der Waals surface area (Å²) >= 11 is 0. The van der Waals surface area contributed by atoms with Crippen LogP contribution in [0.5, 0.6) is 5.75 Å². The first-order chi connectivity index (χ1) is 15.6. The Balaban J connectivity index is 1.96. The van der Waals surface area contributed by atoms with Gasteiger partial charge in [0.25, 0.3) is 11.5 Å². The van der Waals surface area contributed by atoms with Crippen LogP contribution in [0, 0.1) is 0 Å². The van der Waals surface area contributed by atoms with Gasteiger partial charge in [0.2, 0.25) is 0 Å². The Kier molecular flexibility index (Phi) is 6.03. The van der Waals surface area contributed by atoms with E-state index in [4.69, 9.17) is 9.72 Å². The molecule has 162 valence electrons. The molecule has 1 atom stereocenters. The van der Waals surface area contributed by atoms with Gasteiger partial charge in [0.1, 0.15) is 11.6 Å². The number of rotatable bonds is 6. The summed E-state index contributed by atoms with van der Waals surface area (Å²) in [6.07, 6.45) is 0.578. The van der Waals surface area contributed by atoms with Gasteiger partial charge in [-0.1, -0.05) is 49.4 Å². The van der Waals surface area contributed by atoms with Crippen LogP contribution in [-0.2, 0) is 0 Å². The Morgan fingerprint density at radius 1 is 1.00 bits per heavy atom. The summed E-state index contributed by atoms with van der Waals surface area (Å²) in [7, 11) is 3.32. The van der Waals surface area contributed by atoms with E-state index < -0.39 is 6.04 Å². The van der Waals surface area contributed by atoms with Gasteiger partial charge in [-0.05, 0) is 42.8 Å². The fourth-order valence-electron chi connectivity index (χ4n) is 3.98. The molecular formula is C26H25N3O3. The maximum absolute atomic E-state index is 13.7. The molecule has 0 saturated carbocycles. The zero-order valence-electron chi connectivity index (χ0n) is 18.4. The molecule has 0 aliphatic rings. The molecule has 0 fully saturated rings. The van der Waals surface area contributed by atoms with E-state index in [1.807, 2.05) is 61.5 Å². The van der Waals surface area contributed by atoms with E-state index in [-0.39, 0.29) is 11.5 Å². The molecule has 0 bridgehead atoms. The molecule has 0 aliphatic carbocycles. The van der Waals surface area contributed by atoms with Gasteiger partial charge >= 0.3 is 0 Å². The highest BCUT2D eigenvalue weighted by atomic mass is 16.5. The summed E-state index contributed by atoms with van der Waals surface area (Å²) in [6, 6.07) is 23.3. The lowest BCUT2D eigenvalue weighted by atomic mass is 10.1. The molecule has 6 heteroatoms. The number of aromatic nitrogens is 2. The van der Waals surface area contributed by atoms with Gasteiger partial charge in [-0.15, -0.1) is 0 Å². The average molecular weight is 428 g/mol. The summed E-state index contributed by atoms with van der Waals surface area (Å²) in [6.45, 7) is 1.98. The number of ether oxygens (including phenoxy) is 1. The quantitative estimate of drug-likeness (QED) is 0.451. The molecule has 1 aromatic heterocycles. The van der Waals surface area contributed by atoms with Crippen molar-refractivity contribution < 1.29 is 9.53 Å². The van der Waals surface area contributed by atoms with Crippen molar-refractivity contribution >= 4 is 16.8 Å². The lowest BCUT2D eigenvalue weighted by Gasteiger charge is -2.29. The Morgan fingerprint density at radius 3 is 2.38 bits per heavy atom. The van der Waals surface area contributed by atoms with E-state index in [0.29, 0.717) is 40.1 Å². The van der Waals surface area contributed by atoms with Crippen LogP contribution in [-0.4, -0.2) is 34.5 Å². The van der Waals surface area contributed by atoms with Crippen molar-refractivity contribution in [3.05, 3.63) is 101 Å². The van der Waals surface area contributed by atoms with Crippen LogP contribution < -0.4 is 10.3 Å². The Hall–Kier alpha value is -3.93. The molecule has 0 saturated heterocycles. The third-order valence-corrected chi connectivity index (χ3v) is 5.62. The van der Waals surface area contributed by atoms with Crippen LogP contribution in [0.25, 0.3) is 16.6 Å². The number of benzene rings is 3. The highest BCUT2D eigenvalue weighted by Crippen LogP contribution is 2.29. The molecule has 1 unspecified atom stereocenters. The maximum atomic E-state index is 13.7. The number of fused-ring (bicyclic) bond motifs is 1. The molecule has 32 heavy (non-hydrogen) atoms. The van der Waals surface area contributed by atoms with Gasteiger partial charge in [0.05, 0.1) is 29.7 Å². The monoisotopic (exact) mass is 427 g/mol. The van der Waals surface area contributed by atoms with Crippen LogP contribution in [0.15, 0.2) is 83.7 Å². The number of hydrogen-bond acceptors (Lipinski definition) is 4. The third kappa shape index (κ3) is 3.75. The molecule has 0 spiro atoms. The van der Waals surface area contributed by atoms with Gasteiger partial charge in [-0.2, -0.15) is 0 Å². The second-order valence-corrected chi connectivity index (χ2v) is 7.51. The second-order valence-electron chi connectivity index (χ2n) is 7.51. The molecule has 4 rings (SSSR count). The van der Waals surface area contributed by atoms with Crippen LogP contribution in [0.2, 0.25) is 0 Å². The second kappa shape index (κ2) is 9.06. The molecule has 0 N–H and O–H groups in total. The van der Waals surface area contributed by atoms with Crippen molar-refractivity contribution in [2.75, 3.05) is 14.2 Å². The van der Waals surface area contributed by atoms with Gasteiger partial charge in [-0.3, -0.25) is 14.2 Å². The minimum absolute atomic E-state index is 0.133. The SMILES string of the molecule is CCC(c1nc2ccccc2c(=O)n1-c1ccccc1OC)N(C)C(=O)c1ccccc1. The highest BCUT2D eigenvalue weighted by Gasteiger charge is 2.27. The molecule has 3 aromatic carbocycles. The zero-order valence-corrected chi connectivity index (χ0v) is 18.4. The summed E-state index contributed by atoms with van der Waals surface area (Å²) in [5, 5.41) is 0.508. The van der Waals surface area contributed by atoms with Crippen LogP contribution >= 0.6 is 0 Å². The van der Waals surface area contributed by atoms with Crippen LogP contribution in [0.4, 0.5) is 0 Å². The van der Waals surface area contributed by atoms with Crippen molar-refractivity contribution in [1.29, 1.82) is 0 Å². The molecule has 0 aliphatic heterocycles. The van der Waals surface area contributed by atoms with E-state index in [9.17, 15) is 9.59 Å². The first kappa shape index (κ1) is 21.3. The number of nitrogens with zero attached hydrogens (tertiary/aromatic N) is 3. The maximum Gasteiger partial charge on any atom is 0.266 e. The number of carbonyl (C=O) groups is 1. The lowest BCUT2D eigenvalue weighted by molar-refractivity contribution is 0.0717. The van der Waals surface area contributed by atoms with Crippen molar-refractivity contribution in [3.8, 4) is 11.4 Å². The van der Waals surface area contributed by atoms with Gasteiger partial charge in [0, 0.05) is 12.6 Å².